The number of fused-ring (bicyclic) bond motifs is 16. The minimum absolute atomic E-state index is 0.343. The van der Waals surface area contributed by atoms with Gasteiger partial charge in [0.25, 0.3) is 0 Å². The number of imidazole rings is 4. The Kier molecular flexibility index (Phi) is 13.1. The third kappa shape index (κ3) is 8.99. The molecule has 1 aliphatic rings. The highest BCUT2D eigenvalue weighted by atomic mass is 79.9. The summed E-state index contributed by atoms with van der Waals surface area (Å²) in [7, 11) is -0.353. The van der Waals surface area contributed by atoms with Crippen molar-refractivity contribution in [2.45, 2.75) is 38.9 Å². The molecule has 0 atom stereocenters. The van der Waals surface area contributed by atoms with E-state index in [4.69, 9.17) is 19.3 Å². The third-order valence-corrected chi connectivity index (χ3v) is 19.1. The first-order valence-corrected chi connectivity index (χ1v) is 32.0. The average Bonchev–Trinajstić information content (AvgIpc) is 1.60. The van der Waals surface area contributed by atoms with Gasteiger partial charge in [-0.05, 0) is 178 Å². The van der Waals surface area contributed by atoms with E-state index in [0.717, 1.165) is 82.7 Å². The van der Waals surface area contributed by atoms with Gasteiger partial charge in [0.15, 0.2) is 0 Å². The molecule has 92 heavy (non-hydrogen) atoms. The zero-order chi connectivity index (χ0) is 61.8. The number of benzene rings is 12. The maximum atomic E-state index is 6.27. The van der Waals surface area contributed by atoms with E-state index in [1.54, 1.807) is 0 Å². The zero-order valence-electron chi connectivity index (χ0n) is 51.1. The molecule has 0 amide bonds. The standard InChI is InChI=1S/C37H24N4.C24H24BNO2.C19H12BrN3/c1-3-11-27(12-4-1)39-32-16-8-7-15-29(32)30-23-25(20-22-33(30)39)26-19-21-31-36(24-26)41-35-18-10-9-17-34(35)40(37(41)38-31)28-13-5-2-6-14-28;1-23(2)24(3,4)28-25(27-23)17-14-15-22-20(16-17)19-12-8-9-13-21(19)26(22)18-10-6-5-7-11-18;20-13-10-11-15-18(12-13)23-17-9-5-4-8-16(17)22(19(23)21-15)14-6-2-1-3-7-14/h1-24H;5-16H,1-4H3;1-12H. The van der Waals surface area contributed by atoms with Crippen molar-refractivity contribution in [3.8, 4) is 33.9 Å². The molecule has 12 heteroatoms. The number of para-hydroxylation sites is 10. The molecule has 6 aromatic heterocycles. The van der Waals surface area contributed by atoms with Crippen LogP contribution in [0, 0.1) is 0 Å². The fourth-order valence-electron chi connectivity index (χ4n) is 13.6. The summed E-state index contributed by atoms with van der Waals surface area (Å²) in [6, 6.07) is 102. The van der Waals surface area contributed by atoms with E-state index in [0.29, 0.717) is 0 Å². The second kappa shape index (κ2) is 21.7. The minimum Gasteiger partial charge on any atom is -0.399 e. The monoisotopic (exact) mass is 1250 g/mol. The molecular formula is C80H60BBrN8O2. The first-order valence-electron chi connectivity index (χ1n) is 31.2. The highest BCUT2D eigenvalue weighted by Crippen LogP contribution is 2.40. The second-order valence-electron chi connectivity index (χ2n) is 24.6. The lowest BCUT2D eigenvalue weighted by Gasteiger charge is -2.32. The molecule has 0 bridgehead atoms. The van der Waals surface area contributed by atoms with Crippen LogP contribution in [-0.2, 0) is 9.31 Å². The molecule has 12 aromatic carbocycles. The van der Waals surface area contributed by atoms with Crippen molar-refractivity contribution in [2.24, 2.45) is 0 Å². The van der Waals surface area contributed by atoms with E-state index >= 15 is 0 Å². The molecule has 1 saturated heterocycles. The van der Waals surface area contributed by atoms with E-state index in [2.05, 4.69) is 344 Å². The highest BCUT2D eigenvalue weighted by molar-refractivity contribution is 9.10. The van der Waals surface area contributed by atoms with Gasteiger partial charge in [0, 0.05) is 48.8 Å². The van der Waals surface area contributed by atoms with Gasteiger partial charge in [0.05, 0.1) is 77.4 Å². The number of hydrogen-bond donors (Lipinski definition) is 0. The van der Waals surface area contributed by atoms with Gasteiger partial charge in [0.1, 0.15) is 0 Å². The Morgan fingerprint density at radius 1 is 0.304 bits per heavy atom. The van der Waals surface area contributed by atoms with Gasteiger partial charge in [-0.25, -0.2) is 9.97 Å². The number of halogens is 1. The van der Waals surface area contributed by atoms with Gasteiger partial charge in [-0.3, -0.25) is 17.9 Å². The van der Waals surface area contributed by atoms with E-state index in [1.165, 1.54) is 60.4 Å². The Morgan fingerprint density at radius 3 is 1.15 bits per heavy atom. The van der Waals surface area contributed by atoms with Gasteiger partial charge in [-0.1, -0.05) is 174 Å². The van der Waals surface area contributed by atoms with E-state index < -0.39 is 0 Å². The van der Waals surface area contributed by atoms with Crippen molar-refractivity contribution in [1.82, 2.24) is 37.0 Å². The van der Waals surface area contributed by atoms with Gasteiger partial charge >= 0.3 is 7.12 Å². The summed E-state index contributed by atoms with van der Waals surface area (Å²) < 4.78 is 27.3. The molecule has 19 rings (SSSR count). The van der Waals surface area contributed by atoms with Crippen LogP contribution in [0.3, 0.4) is 0 Å². The summed E-state index contributed by atoms with van der Waals surface area (Å²) >= 11 is 3.57. The molecule has 0 aliphatic carbocycles. The van der Waals surface area contributed by atoms with Crippen molar-refractivity contribution < 1.29 is 9.31 Å². The molecule has 0 saturated carbocycles. The normalized spacial score (nSPS) is 13.8. The summed E-state index contributed by atoms with van der Waals surface area (Å²) in [4.78, 5) is 9.99. The lowest BCUT2D eigenvalue weighted by molar-refractivity contribution is 0.00578. The predicted octanol–water partition coefficient (Wildman–Crippen LogP) is 19.5. The van der Waals surface area contributed by atoms with Crippen molar-refractivity contribution >= 4 is 128 Å². The van der Waals surface area contributed by atoms with Crippen LogP contribution < -0.4 is 5.46 Å². The third-order valence-electron chi connectivity index (χ3n) is 18.6. The molecule has 0 radical (unpaired) electrons. The van der Waals surface area contributed by atoms with Crippen molar-refractivity contribution in [3.05, 3.63) is 296 Å². The van der Waals surface area contributed by atoms with Crippen LogP contribution in [-0.4, -0.2) is 55.4 Å². The average molecular weight is 1260 g/mol. The molecule has 442 valence electrons. The Bertz CT molecular complexity index is 5850. The van der Waals surface area contributed by atoms with Gasteiger partial charge < -0.3 is 18.4 Å². The van der Waals surface area contributed by atoms with Gasteiger partial charge in [-0.15, -0.1) is 0 Å². The predicted molar refractivity (Wildman–Crippen MR) is 383 cm³/mol. The Labute approximate surface area is 539 Å². The fraction of sp³-hybridized carbons (Fsp3) is 0.0750. The number of hydrogen-bond acceptors (Lipinski definition) is 4. The number of nitrogens with zero attached hydrogens (tertiary/aromatic N) is 8. The fourth-order valence-corrected chi connectivity index (χ4v) is 13.9. The highest BCUT2D eigenvalue weighted by Gasteiger charge is 2.51. The molecule has 1 aliphatic heterocycles. The van der Waals surface area contributed by atoms with Crippen LogP contribution in [0.1, 0.15) is 27.7 Å². The first-order chi connectivity index (χ1) is 45.0. The maximum Gasteiger partial charge on any atom is 0.494 e. The second-order valence-corrected chi connectivity index (χ2v) is 25.5. The Hall–Kier alpha value is -10.8. The quantitative estimate of drug-likeness (QED) is 0.156. The molecular weight excluding hydrogens is 1200 g/mol. The Morgan fingerprint density at radius 2 is 0.663 bits per heavy atom. The van der Waals surface area contributed by atoms with Crippen LogP contribution >= 0.6 is 15.9 Å². The van der Waals surface area contributed by atoms with Crippen molar-refractivity contribution in [3.63, 3.8) is 0 Å². The molecule has 0 unspecified atom stereocenters. The molecule has 0 N–H and O–H groups in total. The zero-order valence-corrected chi connectivity index (χ0v) is 52.6. The SMILES string of the molecule is Brc1ccc2nc3n(-c4ccccc4)c4ccccc4n3c2c1.CC1(C)OB(c2ccc3c(c2)c2ccccc2n3-c2ccccc2)OC1(C)C.c1ccc(-n2c3ccccc3c3cc(-c4ccc5nc6n(-c7ccccc7)c7ccccc7n6c5c4)ccc32)cc1. The number of aromatic nitrogens is 8. The van der Waals surface area contributed by atoms with Crippen LogP contribution in [0.15, 0.2) is 296 Å². The lowest BCUT2D eigenvalue weighted by Crippen LogP contribution is -2.41. The molecule has 10 nitrogen and oxygen atoms in total. The van der Waals surface area contributed by atoms with Crippen LogP contribution in [0.2, 0.25) is 0 Å². The van der Waals surface area contributed by atoms with Crippen molar-refractivity contribution in [1.29, 1.82) is 0 Å². The summed E-state index contributed by atoms with van der Waals surface area (Å²) in [6.45, 7) is 8.36. The molecule has 18 aromatic rings. The summed E-state index contributed by atoms with van der Waals surface area (Å²) in [5, 5.41) is 4.96. The topological polar surface area (TPSA) is 72.8 Å². The number of rotatable bonds is 6. The van der Waals surface area contributed by atoms with Crippen LogP contribution in [0.5, 0.6) is 0 Å². The summed E-state index contributed by atoms with van der Waals surface area (Å²) in [6.07, 6.45) is 0. The molecule has 7 heterocycles. The van der Waals surface area contributed by atoms with Crippen molar-refractivity contribution in [2.75, 3.05) is 0 Å². The van der Waals surface area contributed by atoms with E-state index in [9.17, 15) is 0 Å². The molecule has 1 fully saturated rings. The Balaban J connectivity index is 0.000000111. The van der Waals surface area contributed by atoms with Crippen LogP contribution in [0.25, 0.3) is 133 Å². The maximum absolute atomic E-state index is 6.27. The summed E-state index contributed by atoms with van der Waals surface area (Å²) in [5.41, 5.74) is 20.9. The lowest BCUT2D eigenvalue weighted by atomic mass is 9.78. The minimum atomic E-state index is -0.353. The van der Waals surface area contributed by atoms with Gasteiger partial charge in [-0.2, -0.15) is 0 Å². The largest absolute Gasteiger partial charge is 0.494 e. The van der Waals surface area contributed by atoms with Crippen LogP contribution in [0.4, 0.5) is 0 Å². The van der Waals surface area contributed by atoms with E-state index in [-0.39, 0.29) is 18.3 Å². The first kappa shape index (κ1) is 55.3. The van der Waals surface area contributed by atoms with E-state index in [1.807, 2.05) is 18.2 Å². The van der Waals surface area contributed by atoms with Gasteiger partial charge in [0.2, 0.25) is 11.6 Å². The summed E-state index contributed by atoms with van der Waals surface area (Å²) in [5.74, 6) is 1.86. The molecule has 0 spiro atoms. The smallest absolute Gasteiger partial charge is 0.399 e.